The molecule has 0 aliphatic heterocycles. The molecule has 0 heterocycles. The molecule has 0 bridgehead atoms. The second-order valence-electron chi connectivity index (χ2n) is 4.52. The standard InChI is InChI=1S/C12H16FNO/c13-11-3-1-2-9(4-11)10-5-12(6-10,7-14)8-15/h1-4,10,15H,5-8,14H2. The van der Waals surface area contributed by atoms with Crippen LogP contribution in [-0.4, -0.2) is 18.3 Å². The van der Waals surface area contributed by atoms with Gasteiger partial charge in [-0.25, -0.2) is 4.39 Å². The molecule has 2 rings (SSSR count). The van der Waals surface area contributed by atoms with Gasteiger partial charge in [-0.2, -0.15) is 0 Å². The lowest BCUT2D eigenvalue weighted by molar-refractivity contribution is 0.0336. The van der Waals surface area contributed by atoms with Gasteiger partial charge < -0.3 is 10.8 Å². The van der Waals surface area contributed by atoms with Gasteiger partial charge in [0.2, 0.25) is 0 Å². The van der Waals surface area contributed by atoms with Crippen LogP contribution in [0.5, 0.6) is 0 Å². The van der Waals surface area contributed by atoms with E-state index < -0.39 is 0 Å². The number of aliphatic hydroxyl groups is 1. The van der Waals surface area contributed by atoms with E-state index in [4.69, 9.17) is 5.73 Å². The average molecular weight is 209 g/mol. The number of hydrogen-bond acceptors (Lipinski definition) is 2. The Morgan fingerprint density at radius 3 is 2.73 bits per heavy atom. The molecule has 15 heavy (non-hydrogen) atoms. The molecule has 1 aromatic rings. The maximum absolute atomic E-state index is 13.0. The van der Waals surface area contributed by atoms with Crippen molar-refractivity contribution in [3.63, 3.8) is 0 Å². The highest BCUT2D eigenvalue weighted by molar-refractivity contribution is 5.24. The number of nitrogens with two attached hydrogens (primary N) is 1. The van der Waals surface area contributed by atoms with Gasteiger partial charge in [0.15, 0.2) is 0 Å². The molecule has 1 fully saturated rings. The van der Waals surface area contributed by atoms with E-state index in [2.05, 4.69) is 0 Å². The van der Waals surface area contributed by atoms with E-state index in [-0.39, 0.29) is 17.8 Å². The highest BCUT2D eigenvalue weighted by atomic mass is 19.1. The van der Waals surface area contributed by atoms with Crippen molar-refractivity contribution in [1.82, 2.24) is 0 Å². The largest absolute Gasteiger partial charge is 0.396 e. The fourth-order valence-corrected chi connectivity index (χ4v) is 2.34. The molecular weight excluding hydrogens is 193 g/mol. The summed E-state index contributed by atoms with van der Waals surface area (Å²) < 4.78 is 13.0. The Labute approximate surface area is 88.9 Å². The van der Waals surface area contributed by atoms with E-state index in [9.17, 15) is 9.50 Å². The number of benzene rings is 1. The van der Waals surface area contributed by atoms with Crippen LogP contribution in [0, 0.1) is 11.2 Å². The SMILES string of the molecule is NCC1(CO)CC(c2cccc(F)c2)C1. The van der Waals surface area contributed by atoms with Gasteiger partial charge in [-0.05, 0) is 36.5 Å². The minimum Gasteiger partial charge on any atom is -0.396 e. The third kappa shape index (κ3) is 1.90. The van der Waals surface area contributed by atoms with Crippen molar-refractivity contribution in [1.29, 1.82) is 0 Å². The Balaban J connectivity index is 2.05. The second kappa shape index (κ2) is 3.91. The van der Waals surface area contributed by atoms with E-state index in [1.807, 2.05) is 6.07 Å². The first-order valence-corrected chi connectivity index (χ1v) is 5.25. The third-order valence-electron chi connectivity index (χ3n) is 3.45. The molecular formula is C12H16FNO. The summed E-state index contributed by atoms with van der Waals surface area (Å²) in [5.74, 6) is 0.165. The quantitative estimate of drug-likeness (QED) is 0.795. The van der Waals surface area contributed by atoms with Gasteiger partial charge in [0.05, 0.1) is 0 Å². The van der Waals surface area contributed by atoms with Gasteiger partial charge >= 0.3 is 0 Å². The summed E-state index contributed by atoms with van der Waals surface area (Å²) in [5, 5.41) is 9.20. The fraction of sp³-hybridized carbons (Fsp3) is 0.500. The summed E-state index contributed by atoms with van der Waals surface area (Å²) in [7, 11) is 0. The first kappa shape index (κ1) is 10.6. The number of hydrogen-bond donors (Lipinski definition) is 2. The zero-order valence-corrected chi connectivity index (χ0v) is 8.62. The molecule has 3 heteroatoms. The van der Waals surface area contributed by atoms with Crippen LogP contribution in [0.15, 0.2) is 24.3 Å². The van der Waals surface area contributed by atoms with Crippen molar-refractivity contribution in [2.75, 3.05) is 13.2 Å². The predicted octanol–water partition coefficient (Wildman–Crippen LogP) is 1.64. The molecule has 0 spiro atoms. The number of aliphatic hydroxyl groups excluding tert-OH is 1. The highest BCUT2D eigenvalue weighted by Gasteiger charge is 2.43. The molecule has 0 saturated heterocycles. The summed E-state index contributed by atoms with van der Waals surface area (Å²) in [6, 6.07) is 6.69. The van der Waals surface area contributed by atoms with Gasteiger partial charge in [0.25, 0.3) is 0 Å². The highest BCUT2D eigenvalue weighted by Crippen LogP contribution is 2.50. The maximum atomic E-state index is 13.0. The summed E-state index contributed by atoms with van der Waals surface area (Å²) in [6.07, 6.45) is 1.73. The normalized spacial score (nSPS) is 29.9. The van der Waals surface area contributed by atoms with E-state index in [1.54, 1.807) is 12.1 Å². The van der Waals surface area contributed by atoms with Gasteiger partial charge in [0, 0.05) is 18.6 Å². The lowest BCUT2D eigenvalue weighted by Gasteiger charge is -2.46. The Bertz CT molecular complexity index is 341. The van der Waals surface area contributed by atoms with Gasteiger partial charge in [0.1, 0.15) is 5.82 Å². The lowest BCUT2D eigenvalue weighted by atomic mass is 9.60. The molecule has 1 aliphatic rings. The van der Waals surface area contributed by atoms with E-state index in [0.29, 0.717) is 12.5 Å². The number of halogens is 1. The third-order valence-corrected chi connectivity index (χ3v) is 3.45. The smallest absolute Gasteiger partial charge is 0.123 e. The van der Waals surface area contributed by atoms with Crippen LogP contribution in [0.3, 0.4) is 0 Å². The summed E-state index contributed by atoms with van der Waals surface area (Å²) in [6.45, 7) is 0.643. The first-order valence-electron chi connectivity index (χ1n) is 5.25. The van der Waals surface area contributed by atoms with E-state index in [0.717, 1.165) is 18.4 Å². The minimum atomic E-state index is -0.193. The lowest BCUT2D eigenvalue weighted by Crippen LogP contribution is -2.44. The molecule has 1 aromatic carbocycles. The Kier molecular flexibility index (Phi) is 2.76. The molecule has 2 nitrogen and oxygen atoms in total. The van der Waals surface area contributed by atoms with Crippen molar-refractivity contribution >= 4 is 0 Å². The zero-order valence-electron chi connectivity index (χ0n) is 8.62. The van der Waals surface area contributed by atoms with Crippen molar-refractivity contribution < 1.29 is 9.50 Å². The minimum absolute atomic E-state index is 0.114. The fourth-order valence-electron chi connectivity index (χ4n) is 2.34. The van der Waals surface area contributed by atoms with Crippen LogP contribution in [0.25, 0.3) is 0 Å². The molecule has 0 aromatic heterocycles. The molecule has 82 valence electrons. The molecule has 0 amide bonds. The Morgan fingerprint density at radius 1 is 1.47 bits per heavy atom. The maximum Gasteiger partial charge on any atom is 0.123 e. The van der Waals surface area contributed by atoms with Gasteiger partial charge in [-0.3, -0.25) is 0 Å². The van der Waals surface area contributed by atoms with Crippen LogP contribution in [0.2, 0.25) is 0 Å². The van der Waals surface area contributed by atoms with Gasteiger partial charge in [-0.1, -0.05) is 12.1 Å². The van der Waals surface area contributed by atoms with Crippen LogP contribution >= 0.6 is 0 Å². The molecule has 0 unspecified atom stereocenters. The van der Waals surface area contributed by atoms with Crippen LogP contribution in [0.4, 0.5) is 4.39 Å². The monoisotopic (exact) mass is 209 g/mol. The molecule has 0 atom stereocenters. The summed E-state index contributed by atoms with van der Waals surface area (Å²) in [4.78, 5) is 0. The summed E-state index contributed by atoms with van der Waals surface area (Å²) in [5.41, 5.74) is 6.52. The van der Waals surface area contributed by atoms with Crippen LogP contribution in [0.1, 0.15) is 24.3 Å². The van der Waals surface area contributed by atoms with Crippen LogP contribution in [-0.2, 0) is 0 Å². The van der Waals surface area contributed by atoms with Crippen LogP contribution < -0.4 is 5.73 Å². The molecule has 3 N–H and O–H groups in total. The van der Waals surface area contributed by atoms with Crippen molar-refractivity contribution in [3.8, 4) is 0 Å². The van der Waals surface area contributed by atoms with Crippen molar-refractivity contribution in [2.24, 2.45) is 11.1 Å². The average Bonchev–Trinajstić information content (AvgIpc) is 2.18. The van der Waals surface area contributed by atoms with Crippen molar-refractivity contribution in [2.45, 2.75) is 18.8 Å². The first-order chi connectivity index (χ1) is 7.19. The van der Waals surface area contributed by atoms with E-state index >= 15 is 0 Å². The second-order valence-corrected chi connectivity index (χ2v) is 4.52. The zero-order chi connectivity index (χ0) is 10.9. The molecule has 0 radical (unpaired) electrons. The van der Waals surface area contributed by atoms with Crippen molar-refractivity contribution in [3.05, 3.63) is 35.6 Å². The Hall–Kier alpha value is -0.930. The molecule has 1 aliphatic carbocycles. The van der Waals surface area contributed by atoms with E-state index in [1.165, 1.54) is 6.07 Å². The summed E-state index contributed by atoms with van der Waals surface area (Å²) >= 11 is 0. The topological polar surface area (TPSA) is 46.2 Å². The molecule has 1 saturated carbocycles. The van der Waals surface area contributed by atoms with Gasteiger partial charge in [-0.15, -0.1) is 0 Å². The Morgan fingerprint density at radius 2 is 2.20 bits per heavy atom. The number of rotatable bonds is 3. The predicted molar refractivity (Wildman–Crippen MR) is 56.9 cm³/mol.